The van der Waals surface area contributed by atoms with Crippen LogP contribution in [0.1, 0.15) is 44.9 Å². The lowest BCUT2D eigenvalue weighted by atomic mass is 10.1. The molecular weight excluding hydrogens is 380 g/mol. The maximum Gasteiger partial charge on any atom is 0.234 e. The number of carbonyl (C=O) groups is 1. The van der Waals surface area contributed by atoms with Crippen molar-refractivity contribution < 1.29 is 4.79 Å². The third-order valence-electron chi connectivity index (χ3n) is 4.07. The molecule has 0 radical (unpaired) electrons. The van der Waals surface area contributed by atoms with Gasteiger partial charge in [-0.15, -0.1) is 16.8 Å². The van der Waals surface area contributed by atoms with Gasteiger partial charge in [-0.2, -0.15) is 0 Å². The summed E-state index contributed by atoms with van der Waals surface area (Å²) in [5, 5.41) is 12.8. The Morgan fingerprint density at radius 2 is 1.96 bits per heavy atom. The number of hydrogen-bond acceptors (Lipinski definition) is 4. The van der Waals surface area contributed by atoms with Gasteiger partial charge in [0, 0.05) is 23.7 Å². The van der Waals surface area contributed by atoms with Crippen LogP contribution in [0.4, 0.5) is 5.69 Å². The normalized spacial score (nSPS) is 10.7. The van der Waals surface area contributed by atoms with E-state index in [1.165, 1.54) is 37.4 Å². The van der Waals surface area contributed by atoms with Crippen LogP contribution in [-0.4, -0.2) is 26.4 Å². The molecule has 2 rings (SSSR count). The minimum Gasteiger partial charge on any atom is -0.325 e. The van der Waals surface area contributed by atoms with Gasteiger partial charge in [0.25, 0.3) is 0 Å². The first-order chi connectivity index (χ1) is 13.1. The van der Waals surface area contributed by atoms with Crippen molar-refractivity contribution in [3.05, 3.63) is 47.8 Å². The van der Waals surface area contributed by atoms with Crippen molar-refractivity contribution >= 4 is 35.0 Å². The van der Waals surface area contributed by atoms with Gasteiger partial charge in [0.2, 0.25) is 5.91 Å². The Morgan fingerprint density at radius 3 is 2.67 bits per heavy atom. The van der Waals surface area contributed by atoms with Crippen molar-refractivity contribution in [2.75, 3.05) is 11.1 Å². The second kappa shape index (κ2) is 11.8. The zero-order valence-corrected chi connectivity index (χ0v) is 17.4. The summed E-state index contributed by atoms with van der Waals surface area (Å²) in [7, 11) is 0. The molecule has 1 N–H and O–H groups in total. The van der Waals surface area contributed by atoms with Gasteiger partial charge in [-0.25, -0.2) is 0 Å². The standard InChI is InChI=1S/C20H27ClN4OS/c1-3-5-6-7-8-9-18-23-24-20(25(18)14-4-2)27-15-19(26)22-17-12-10-16(21)11-13-17/h4,10-13H,2-3,5-9,14-15H2,1H3,(H,22,26). The number of thioether (sulfide) groups is 1. The van der Waals surface area contributed by atoms with E-state index in [2.05, 4.69) is 29.0 Å². The molecule has 0 atom stereocenters. The minimum atomic E-state index is -0.0865. The zero-order chi connectivity index (χ0) is 19.5. The number of aromatic nitrogens is 3. The molecule has 0 aliphatic heterocycles. The number of amides is 1. The number of unbranched alkanes of at least 4 members (excludes halogenated alkanes) is 4. The van der Waals surface area contributed by atoms with Gasteiger partial charge < -0.3 is 9.88 Å². The molecule has 1 aromatic heterocycles. The second-order valence-corrected chi connectivity index (χ2v) is 7.68. The average molecular weight is 407 g/mol. The van der Waals surface area contributed by atoms with E-state index in [-0.39, 0.29) is 11.7 Å². The number of aryl methyl sites for hydroxylation is 1. The van der Waals surface area contributed by atoms with Crippen molar-refractivity contribution in [1.82, 2.24) is 14.8 Å². The van der Waals surface area contributed by atoms with E-state index in [1.54, 1.807) is 24.3 Å². The van der Waals surface area contributed by atoms with Crippen LogP contribution in [-0.2, 0) is 17.8 Å². The van der Waals surface area contributed by atoms with Gasteiger partial charge in [-0.3, -0.25) is 4.79 Å². The van der Waals surface area contributed by atoms with Crippen LogP contribution in [0.3, 0.4) is 0 Å². The number of carbonyl (C=O) groups excluding carboxylic acids is 1. The van der Waals surface area contributed by atoms with Crippen LogP contribution in [0.25, 0.3) is 0 Å². The quantitative estimate of drug-likeness (QED) is 0.293. The number of rotatable bonds is 12. The van der Waals surface area contributed by atoms with Crippen molar-refractivity contribution in [2.24, 2.45) is 0 Å². The molecule has 7 heteroatoms. The third kappa shape index (κ3) is 7.39. The minimum absolute atomic E-state index is 0.0865. The highest BCUT2D eigenvalue weighted by molar-refractivity contribution is 7.99. The van der Waals surface area contributed by atoms with Crippen LogP contribution >= 0.6 is 23.4 Å². The number of anilines is 1. The molecule has 2 aromatic rings. The predicted molar refractivity (Wildman–Crippen MR) is 113 cm³/mol. The lowest BCUT2D eigenvalue weighted by molar-refractivity contribution is -0.113. The van der Waals surface area contributed by atoms with Crippen LogP contribution in [0.5, 0.6) is 0 Å². The third-order valence-corrected chi connectivity index (χ3v) is 5.29. The SMILES string of the molecule is C=CCn1c(CCCCCCC)nnc1SCC(=O)Nc1ccc(Cl)cc1. The van der Waals surface area contributed by atoms with Gasteiger partial charge in [-0.05, 0) is 30.7 Å². The molecule has 0 bridgehead atoms. The molecule has 0 saturated carbocycles. The monoisotopic (exact) mass is 406 g/mol. The number of allylic oxidation sites excluding steroid dienone is 1. The Morgan fingerprint density at radius 1 is 1.22 bits per heavy atom. The Hall–Kier alpha value is -1.79. The summed E-state index contributed by atoms with van der Waals surface area (Å²) in [6, 6.07) is 7.05. The Bertz CT molecular complexity index is 730. The molecule has 1 heterocycles. The summed E-state index contributed by atoms with van der Waals surface area (Å²) in [6.07, 6.45) is 8.84. The highest BCUT2D eigenvalue weighted by Gasteiger charge is 2.13. The van der Waals surface area contributed by atoms with Crippen LogP contribution in [0.15, 0.2) is 42.1 Å². The molecule has 146 valence electrons. The van der Waals surface area contributed by atoms with Crippen molar-refractivity contribution in [2.45, 2.75) is 57.1 Å². The zero-order valence-electron chi connectivity index (χ0n) is 15.8. The average Bonchev–Trinajstić information content (AvgIpc) is 3.04. The number of nitrogens with zero attached hydrogens (tertiary/aromatic N) is 3. The predicted octanol–water partition coefficient (Wildman–Crippen LogP) is 5.36. The smallest absolute Gasteiger partial charge is 0.234 e. The van der Waals surface area contributed by atoms with E-state index >= 15 is 0 Å². The maximum absolute atomic E-state index is 12.2. The Balaban J connectivity index is 1.88. The van der Waals surface area contributed by atoms with Crippen LogP contribution in [0.2, 0.25) is 5.02 Å². The van der Waals surface area contributed by atoms with Gasteiger partial charge in [0.15, 0.2) is 5.16 Å². The molecule has 1 amide bonds. The second-order valence-electron chi connectivity index (χ2n) is 6.31. The van der Waals surface area contributed by atoms with Crippen LogP contribution < -0.4 is 5.32 Å². The summed E-state index contributed by atoms with van der Waals surface area (Å²) < 4.78 is 2.05. The summed E-state index contributed by atoms with van der Waals surface area (Å²) in [6.45, 7) is 6.69. The highest BCUT2D eigenvalue weighted by atomic mass is 35.5. The Kier molecular flexibility index (Phi) is 9.42. The van der Waals surface area contributed by atoms with Gasteiger partial charge in [0.1, 0.15) is 5.82 Å². The molecule has 0 unspecified atom stereocenters. The van der Waals surface area contributed by atoms with Gasteiger partial charge in [-0.1, -0.05) is 62.0 Å². The lowest BCUT2D eigenvalue weighted by Gasteiger charge is -2.08. The molecular formula is C20H27ClN4OS. The number of halogens is 1. The molecule has 0 saturated heterocycles. The molecule has 0 aliphatic rings. The van der Waals surface area contributed by atoms with E-state index in [4.69, 9.17) is 11.6 Å². The summed E-state index contributed by atoms with van der Waals surface area (Å²) in [4.78, 5) is 12.2. The number of nitrogens with one attached hydrogen (secondary N) is 1. The molecule has 0 aliphatic carbocycles. The molecule has 0 fully saturated rings. The lowest BCUT2D eigenvalue weighted by Crippen LogP contribution is -2.14. The van der Waals surface area contributed by atoms with E-state index in [9.17, 15) is 4.79 Å². The molecule has 1 aromatic carbocycles. The topological polar surface area (TPSA) is 59.8 Å². The first-order valence-corrected chi connectivity index (χ1v) is 10.7. The fraction of sp³-hybridized carbons (Fsp3) is 0.450. The number of benzene rings is 1. The van der Waals surface area contributed by atoms with Crippen molar-refractivity contribution in [3.8, 4) is 0 Å². The van der Waals surface area contributed by atoms with Gasteiger partial charge >= 0.3 is 0 Å². The largest absolute Gasteiger partial charge is 0.325 e. The van der Waals surface area contributed by atoms with Gasteiger partial charge in [0.05, 0.1) is 5.75 Å². The molecule has 27 heavy (non-hydrogen) atoms. The van der Waals surface area contributed by atoms with E-state index in [0.29, 0.717) is 11.6 Å². The first kappa shape index (κ1) is 21.5. The fourth-order valence-electron chi connectivity index (χ4n) is 2.67. The summed E-state index contributed by atoms with van der Waals surface area (Å²) >= 11 is 7.25. The fourth-order valence-corrected chi connectivity index (χ4v) is 3.56. The van der Waals surface area contributed by atoms with Crippen molar-refractivity contribution in [3.63, 3.8) is 0 Å². The van der Waals surface area contributed by atoms with Crippen molar-refractivity contribution in [1.29, 1.82) is 0 Å². The summed E-state index contributed by atoms with van der Waals surface area (Å²) in [5.41, 5.74) is 0.727. The highest BCUT2D eigenvalue weighted by Crippen LogP contribution is 2.20. The maximum atomic E-state index is 12.2. The molecule has 0 spiro atoms. The Labute approximate surface area is 170 Å². The van der Waals surface area contributed by atoms with E-state index in [1.807, 2.05) is 10.6 Å². The molecule has 5 nitrogen and oxygen atoms in total. The van der Waals surface area contributed by atoms with Crippen LogP contribution in [0, 0.1) is 0 Å². The van der Waals surface area contributed by atoms with E-state index in [0.717, 1.165) is 29.5 Å². The summed E-state index contributed by atoms with van der Waals surface area (Å²) in [5.74, 6) is 1.15. The number of hydrogen-bond donors (Lipinski definition) is 1. The first-order valence-electron chi connectivity index (χ1n) is 9.35. The van der Waals surface area contributed by atoms with E-state index < -0.39 is 0 Å².